The van der Waals surface area contributed by atoms with Crippen molar-refractivity contribution in [1.82, 2.24) is 10.2 Å². The molecular formula is C15H31Cl2N3O2. The molecule has 0 bridgehead atoms. The highest BCUT2D eigenvalue weighted by molar-refractivity contribution is 5.85. The number of nitrogens with one attached hydrogen (secondary N) is 1. The zero-order valence-corrected chi connectivity index (χ0v) is 15.3. The van der Waals surface area contributed by atoms with Crippen molar-refractivity contribution in [2.75, 3.05) is 26.2 Å². The third-order valence-corrected chi connectivity index (χ3v) is 4.29. The number of carbonyl (C=O) groups excluding carboxylic acids is 1. The number of amides is 1. The molecule has 0 aromatic carbocycles. The highest BCUT2D eigenvalue weighted by Crippen LogP contribution is 2.23. The Morgan fingerprint density at radius 2 is 1.86 bits per heavy atom. The minimum absolute atomic E-state index is 0. The lowest BCUT2D eigenvalue weighted by Crippen LogP contribution is -2.46. The molecule has 2 aliphatic rings. The summed E-state index contributed by atoms with van der Waals surface area (Å²) in [4.78, 5) is 14.4. The number of hydrogen-bond donors (Lipinski definition) is 2. The Morgan fingerprint density at radius 1 is 1.23 bits per heavy atom. The molecule has 1 saturated heterocycles. The summed E-state index contributed by atoms with van der Waals surface area (Å²) in [7, 11) is 0. The first kappa shape index (κ1) is 21.9. The standard InChI is InChI=1S/C15H29N3O2.2ClH/c1-11-9-18(10-12(2)20-11)7-3-6-17-15(19)13-4-5-14(16)8-13;;/h11-14H,3-10,16H2,1-2H3,(H,17,19);2*1H. The molecule has 1 heterocycles. The summed E-state index contributed by atoms with van der Waals surface area (Å²) < 4.78 is 5.72. The maximum atomic E-state index is 11.9. The van der Waals surface area contributed by atoms with Gasteiger partial charge in [0.2, 0.25) is 5.91 Å². The molecule has 1 aliphatic heterocycles. The second-order valence-electron chi connectivity index (χ2n) is 6.43. The lowest BCUT2D eigenvalue weighted by molar-refractivity contribution is -0.124. The smallest absolute Gasteiger partial charge is 0.223 e. The first-order valence-electron chi connectivity index (χ1n) is 7.95. The third kappa shape index (κ3) is 7.01. The van der Waals surface area contributed by atoms with Gasteiger partial charge in [-0.05, 0) is 39.5 Å². The van der Waals surface area contributed by atoms with Crippen LogP contribution in [0.25, 0.3) is 0 Å². The molecule has 0 aromatic heterocycles. The van der Waals surface area contributed by atoms with Crippen LogP contribution in [0.3, 0.4) is 0 Å². The molecule has 0 aromatic rings. The molecule has 1 amide bonds. The molecule has 4 atom stereocenters. The van der Waals surface area contributed by atoms with Crippen molar-refractivity contribution in [2.45, 2.75) is 57.8 Å². The second-order valence-corrected chi connectivity index (χ2v) is 6.43. The number of nitrogens with two attached hydrogens (primary N) is 1. The lowest BCUT2D eigenvalue weighted by atomic mass is 10.1. The SMILES string of the molecule is CC1CN(CCCNC(=O)C2CCC(N)C2)CC(C)O1.Cl.Cl. The van der Waals surface area contributed by atoms with Gasteiger partial charge in [-0.15, -0.1) is 24.8 Å². The Bertz CT molecular complexity index is 324. The fourth-order valence-electron chi connectivity index (χ4n) is 3.38. The minimum atomic E-state index is 0. The number of halogens is 2. The maximum absolute atomic E-state index is 11.9. The highest BCUT2D eigenvalue weighted by atomic mass is 35.5. The molecule has 5 nitrogen and oxygen atoms in total. The van der Waals surface area contributed by atoms with E-state index >= 15 is 0 Å². The maximum Gasteiger partial charge on any atom is 0.223 e. The van der Waals surface area contributed by atoms with Gasteiger partial charge in [0, 0.05) is 38.1 Å². The molecule has 0 spiro atoms. The molecule has 0 radical (unpaired) electrons. The molecule has 132 valence electrons. The monoisotopic (exact) mass is 355 g/mol. The van der Waals surface area contributed by atoms with Crippen molar-refractivity contribution in [3.05, 3.63) is 0 Å². The molecular weight excluding hydrogens is 325 g/mol. The fraction of sp³-hybridized carbons (Fsp3) is 0.933. The van der Waals surface area contributed by atoms with Crippen molar-refractivity contribution in [3.63, 3.8) is 0 Å². The van der Waals surface area contributed by atoms with Crippen LogP contribution >= 0.6 is 24.8 Å². The number of carbonyl (C=O) groups is 1. The number of ether oxygens (including phenoxy) is 1. The van der Waals surface area contributed by atoms with Crippen molar-refractivity contribution in [3.8, 4) is 0 Å². The molecule has 7 heteroatoms. The molecule has 1 aliphatic carbocycles. The minimum Gasteiger partial charge on any atom is -0.373 e. The number of nitrogens with zero attached hydrogens (tertiary/aromatic N) is 1. The quantitative estimate of drug-likeness (QED) is 0.734. The van der Waals surface area contributed by atoms with Gasteiger partial charge in [0.05, 0.1) is 12.2 Å². The third-order valence-electron chi connectivity index (χ3n) is 4.29. The summed E-state index contributed by atoms with van der Waals surface area (Å²) in [6, 6.07) is 0.224. The van der Waals surface area contributed by atoms with E-state index < -0.39 is 0 Å². The van der Waals surface area contributed by atoms with Crippen LogP contribution in [0.5, 0.6) is 0 Å². The summed E-state index contributed by atoms with van der Waals surface area (Å²) in [6.45, 7) is 8.03. The molecule has 3 N–H and O–H groups in total. The van der Waals surface area contributed by atoms with Gasteiger partial charge in [-0.3, -0.25) is 9.69 Å². The largest absolute Gasteiger partial charge is 0.373 e. The van der Waals surface area contributed by atoms with E-state index in [-0.39, 0.29) is 42.7 Å². The number of rotatable bonds is 5. The van der Waals surface area contributed by atoms with Gasteiger partial charge in [0.25, 0.3) is 0 Å². The van der Waals surface area contributed by atoms with Gasteiger partial charge in [-0.25, -0.2) is 0 Å². The van der Waals surface area contributed by atoms with Crippen LogP contribution in [0.1, 0.15) is 39.5 Å². The van der Waals surface area contributed by atoms with Gasteiger partial charge in [-0.1, -0.05) is 0 Å². The molecule has 2 fully saturated rings. The predicted octanol–water partition coefficient (Wildman–Crippen LogP) is 1.57. The Morgan fingerprint density at radius 3 is 2.41 bits per heavy atom. The Hall–Kier alpha value is -0.0700. The first-order chi connectivity index (χ1) is 9.54. The van der Waals surface area contributed by atoms with Crippen molar-refractivity contribution in [1.29, 1.82) is 0 Å². The second kappa shape index (κ2) is 10.7. The topological polar surface area (TPSA) is 67.6 Å². The van der Waals surface area contributed by atoms with E-state index in [9.17, 15) is 4.79 Å². The van der Waals surface area contributed by atoms with Gasteiger partial charge in [0.1, 0.15) is 0 Å². The normalized spacial score (nSPS) is 32.0. The van der Waals surface area contributed by atoms with E-state index in [0.717, 1.165) is 51.9 Å². The van der Waals surface area contributed by atoms with Crippen LogP contribution in [0.4, 0.5) is 0 Å². The summed E-state index contributed by atoms with van der Waals surface area (Å²) in [5.41, 5.74) is 5.84. The van der Waals surface area contributed by atoms with E-state index in [1.807, 2.05) is 0 Å². The zero-order chi connectivity index (χ0) is 14.5. The average Bonchev–Trinajstić information content (AvgIpc) is 2.80. The van der Waals surface area contributed by atoms with Gasteiger partial charge < -0.3 is 15.8 Å². The van der Waals surface area contributed by atoms with Gasteiger partial charge in [0.15, 0.2) is 0 Å². The molecule has 1 saturated carbocycles. The van der Waals surface area contributed by atoms with Crippen LogP contribution in [0.2, 0.25) is 0 Å². The zero-order valence-electron chi connectivity index (χ0n) is 13.6. The first-order valence-corrected chi connectivity index (χ1v) is 7.95. The predicted molar refractivity (Wildman–Crippen MR) is 93.9 cm³/mol. The van der Waals surface area contributed by atoms with Crippen LogP contribution in [0, 0.1) is 5.92 Å². The van der Waals surface area contributed by atoms with E-state index in [1.165, 1.54) is 0 Å². The highest BCUT2D eigenvalue weighted by Gasteiger charge is 2.27. The molecule has 22 heavy (non-hydrogen) atoms. The van der Waals surface area contributed by atoms with Crippen LogP contribution in [-0.4, -0.2) is 55.2 Å². The van der Waals surface area contributed by atoms with Crippen molar-refractivity contribution in [2.24, 2.45) is 11.7 Å². The molecule has 4 unspecified atom stereocenters. The van der Waals surface area contributed by atoms with Gasteiger partial charge >= 0.3 is 0 Å². The van der Waals surface area contributed by atoms with Gasteiger partial charge in [-0.2, -0.15) is 0 Å². The number of morpholine rings is 1. The Kier molecular flexibility index (Phi) is 10.6. The Balaban J connectivity index is 0.00000220. The Labute approximate surface area is 146 Å². The number of hydrogen-bond acceptors (Lipinski definition) is 4. The summed E-state index contributed by atoms with van der Waals surface area (Å²) in [6.07, 6.45) is 4.42. The van der Waals surface area contributed by atoms with E-state index in [0.29, 0.717) is 12.2 Å². The van der Waals surface area contributed by atoms with Crippen LogP contribution in [0.15, 0.2) is 0 Å². The van der Waals surface area contributed by atoms with Crippen molar-refractivity contribution < 1.29 is 9.53 Å². The average molecular weight is 356 g/mol. The van der Waals surface area contributed by atoms with E-state index in [2.05, 4.69) is 24.1 Å². The summed E-state index contributed by atoms with van der Waals surface area (Å²) in [5.74, 6) is 0.343. The fourth-order valence-corrected chi connectivity index (χ4v) is 3.38. The van der Waals surface area contributed by atoms with Crippen LogP contribution in [-0.2, 0) is 9.53 Å². The lowest BCUT2D eigenvalue weighted by Gasteiger charge is -2.35. The van der Waals surface area contributed by atoms with E-state index in [1.54, 1.807) is 0 Å². The van der Waals surface area contributed by atoms with E-state index in [4.69, 9.17) is 10.5 Å². The summed E-state index contributed by atoms with van der Waals surface area (Å²) >= 11 is 0. The van der Waals surface area contributed by atoms with Crippen LogP contribution < -0.4 is 11.1 Å². The summed E-state index contributed by atoms with van der Waals surface area (Å²) in [5, 5.41) is 3.05. The van der Waals surface area contributed by atoms with Crippen molar-refractivity contribution >= 4 is 30.7 Å². The molecule has 2 rings (SSSR count).